The summed E-state index contributed by atoms with van der Waals surface area (Å²) >= 11 is 0. The average Bonchev–Trinajstić information content (AvgIpc) is 2.74. The first-order chi connectivity index (χ1) is 13.8. The topological polar surface area (TPSA) is 22.1 Å². The van der Waals surface area contributed by atoms with Gasteiger partial charge in [-0.3, -0.25) is 0 Å². The number of aromatic nitrogens is 1. The quantitative estimate of drug-likeness (QED) is 0.368. The molecule has 0 saturated carbocycles. The molecule has 0 saturated heterocycles. The number of hydrogen-bond donors (Lipinski definition) is 0. The maximum absolute atomic E-state index is 5.62. The van der Waals surface area contributed by atoms with Crippen LogP contribution in [0.15, 0.2) is 60.7 Å². The van der Waals surface area contributed by atoms with Crippen LogP contribution in [0.1, 0.15) is 43.7 Å². The van der Waals surface area contributed by atoms with Crippen LogP contribution in [0.5, 0.6) is 5.75 Å². The van der Waals surface area contributed by atoms with E-state index in [9.17, 15) is 0 Å². The van der Waals surface area contributed by atoms with Gasteiger partial charge >= 0.3 is 0 Å². The summed E-state index contributed by atoms with van der Waals surface area (Å²) < 4.78 is 5.62. The summed E-state index contributed by atoms with van der Waals surface area (Å²) in [6.07, 6.45) is 3.59. The zero-order valence-electron chi connectivity index (χ0n) is 16.5. The highest BCUT2D eigenvalue weighted by atomic mass is 16.5. The van der Waals surface area contributed by atoms with Crippen LogP contribution in [0, 0.1) is 0 Å². The lowest BCUT2D eigenvalue weighted by molar-refractivity contribution is 0.340. The predicted octanol–water partition coefficient (Wildman–Crippen LogP) is 6.89. The van der Waals surface area contributed by atoms with Crippen molar-refractivity contribution in [2.45, 2.75) is 39.0 Å². The first-order valence-corrected chi connectivity index (χ1v) is 10.3. The molecule has 0 bridgehead atoms. The van der Waals surface area contributed by atoms with Gasteiger partial charge in [0.05, 0.1) is 17.8 Å². The lowest BCUT2D eigenvalue weighted by Gasteiger charge is -2.27. The van der Waals surface area contributed by atoms with Crippen LogP contribution >= 0.6 is 0 Å². The highest BCUT2D eigenvalue weighted by Crippen LogP contribution is 2.42. The molecule has 1 aliphatic carbocycles. The number of hydrogen-bond acceptors (Lipinski definition) is 2. The standard InChI is InChI=1S/C26H25NO/c1-3-28-20-14-11-19(12-15-20)26-22-10-6-7-17(2)24(22)25-21-9-5-4-8-18(21)13-16-23(25)27-26/h4-5,8-9,11-17H,3,6-7,10H2,1-2H3/t17-/m0/s1. The minimum absolute atomic E-state index is 0.557. The highest BCUT2D eigenvalue weighted by molar-refractivity contribution is 6.09. The van der Waals surface area contributed by atoms with Gasteiger partial charge in [-0.1, -0.05) is 37.3 Å². The molecule has 1 heterocycles. The van der Waals surface area contributed by atoms with Gasteiger partial charge in [-0.2, -0.15) is 0 Å². The van der Waals surface area contributed by atoms with Crippen molar-refractivity contribution in [2.75, 3.05) is 6.61 Å². The maximum Gasteiger partial charge on any atom is 0.119 e. The molecule has 0 spiro atoms. The summed E-state index contributed by atoms with van der Waals surface area (Å²) in [6.45, 7) is 5.08. The molecule has 1 atom stereocenters. The Kier molecular flexibility index (Phi) is 4.27. The number of pyridine rings is 1. The molecule has 0 radical (unpaired) electrons. The van der Waals surface area contributed by atoms with Crippen molar-refractivity contribution in [3.63, 3.8) is 0 Å². The van der Waals surface area contributed by atoms with Gasteiger partial charge in [-0.25, -0.2) is 4.98 Å². The van der Waals surface area contributed by atoms with Crippen LogP contribution in [0.2, 0.25) is 0 Å². The molecular weight excluding hydrogens is 342 g/mol. The van der Waals surface area contributed by atoms with E-state index in [1.54, 1.807) is 0 Å². The molecule has 0 amide bonds. The number of ether oxygens (including phenoxy) is 1. The van der Waals surface area contributed by atoms with Crippen molar-refractivity contribution in [2.24, 2.45) is 0 Å². The van der Waals surface area contributed by atoms with E-state index in [2.05, 4.69) is 67.6 Å². The van der Waals surface area contributed by atoms with E-state index in [1.807, 2.05) is 6.92 Å². The Morgan fingerprint density at radius 2 is 1.82 bits per heavy atom. The lowest BCUT2D eigenvalue weighted by atomic mass is 9.79. The van der Waals surface area contributed by atoms with Crippen molar-refractivity contribution < 1.29 is 4.74 Å². The lowest BCUT2D eigenvalue weighted by Crippen LogP contribution is -2.11. The van der Waals surface area contributed by atoms with Crippen LogP contribution in [0.25, 0.3) is 32.9 Å². The third-order valence-corrected chi connectivity index (χ3v) is 6.02. The molecule has 0 aliphatic heterocycles. The van der Waals surface area contributed by atoms with Crippen molar-refractivity contribution in [1.82, 2.24) is 4.98 Å². The summed E-state index contributed by atoms with van der Waals surface area (Å²) in [5.74, 6) is 1.47. The van der Waals surface area contributed by atoms with Gasteiger partial charge in [0.25, 0.3) is 0 Å². The molecule has 5 rings (SSSR count). The third kappa shape index (κ3) is 2.75. The van der Waals surface area contributed by atoms with Crippen LogP contribution in [-0.4, -0.2) is 11.6 Å². The highest BCUT2D eigenvalue weighted by Gasteiger charge is 2.25. The zero-order chi connectivity index (χ0) is 19.1. The Morgan fingerprint density at radius 1 is 1.00 bits per heavy atom. The Hall–Kier alpha value is -2.87. The fourth-order valence-corrected chi connectivity index (χ4v) is 4.74. The van der Waals surface area contributed by atoms with Gasteiger partial charge in [-0.15, -0.1) is 0 Å². The second kappa shape index (κ2) is 6.94. The average molecular weight is 367 g/mol. The fourth-order valence-electron chi connectivity index (χ4n) is 4.74. The Balaban J connectivity index is 1.80. The van der Waals surface area contributed by atoms with E-state index < -0.39 is 0 Å². The van der Waals surface area contributed by atoms with E-state index >= 15 is 0 Å². The van der Waals surface area contributed by atoms with Crippen LogP contribution < -0.4 is 4.74 Å². The molecule has 0 N–H and O–H groups in total. The maximum atomic E-state index is 5.62. The monoisotopic (exact) mass is 367 g/mol. The van der Waals surface area contributed by atoms with Crippen LogP contribution in [0.4, 0.5) is 0 Å². The molecule has 2 heteroatoms. The summed E-state index contributed by atoms with van der Waals surface area (Å²) in [5.41, 5.74) is 6.38. The van der Waals surface area contributed by atoms with Crippen molar-refractivity contribution in [3.8, 4) is 17.0 Å². The Labute approximate surface area is 166 Å². The Bertz CT molecular complexity index is 1160. The van der Waals surface area contributed by atoms with Gasteiger partial charge in [0, 0.05) is 10.9 Å². The SMILES string of the molecule is CCOc1ccc(-c2nc3ccc4ccccc4c3c3c2CCC[C@@H]3C)cc1. The molecule has 1 aromatic heterocycles. The zero-order valence-corrected chi connectivity index (χ0v) is 16.5. The molecule has 28 heavy (non-hydrogen) atoms. The first kappa shape index (κ1) is 17.2. The normalized spacial score (nSPS) is 16.3. The molecule has 1 aliphatic rings. The van der Waals surface area contributed by atoms with Crippen LogP contribution in [0.3, 0.4) is 0 Å². The van der Waals surface area contributed by atoms with Crippen molar-refractivity contribution in [3.05, 3.63) is 71.8 Å². The summed E-state index contributed by atoms with van der Waals surface area (Å²) in [6, 6.07) is 21.5. The van der Waals surface area contributed by atoms with Gasteiger partial charge in [0.1, 0.15) is 5.75 Å². The molecular formula is C26H25NO. The number of rotatable bonds is 3. The third-order valence-electron chi connectivity index (χ3n) is 6.02. The van der Waals surface area contributed by atoms with Gasteiger partial charge < -0.3 is 4.74 Å². The van der Waals surface area contributed by atoms with Crippen LogP contribution in [-0.2, 0) is 6.42 Å². The molecule has 2 nitrogen and oxygen atoms in total. The van der Waals surface area contributed by atoms with Gasteiger partial charge in [0.2, 0.25) is 0 Å². The number of nitrogens with zero attached hydrogens (tertiary/aromatic N) is 1. The second-order valence-electron chi connectivity index (χ2n) is 7.78. The number of benzene rings is 3. The van der Waals surface area contributed by atoms with E-state index in [1.165, 1.54) is 45.7 Å². The van der Waals surface area contributed by atoms with E-state index in [-0.39, 0.29) is 0 Å². The van der Waals surface area contributed by atoms with Gasteiger partial charge in [0.15, 0.2) is 0 Å². The van der Waals surface area contributed by atoms with E-state index in [0.717, 1.165) is 23.4 Å². The van der Waals surface area contributed by atoms with E-state index in [4.69, 9.17) is 9.72 Å². The molecule has 0 unspecified atom stereocenters. The summed E-state index contributed by atoms with van der Waals surface area (Å²) in [4.78, 5) is 5.18. The minimum Gasteiger partial charge on any atom is -0.494 e. The fraction of sp³-hybridized carbons (Fsp3) is 0.269. The van der Waals surface area contributed by atoms with Crippen molar-refractivity contribution >= 4 is 21.7 Å². The first-order valence-electron chi connectivity index (χ1n) is 10.3. The smallest absolute Gasteiger partial charge is 0.119 e. The van der Waals surface area contributed by atoms with Crippen molar-refractivity contribution in [1.29, 1.82) is 0 Å². The predicted molar refractivity (Wildman–Crippen MR) is 117 cm³/mol. The second-order valence-corrected chi connectivity index (χ2v) is 7.78. The minimum atomic E-state index is 0.557. The molecule has 3 aromatic carbocycles. The molecule has 140 valence electrons. The summed E-state index contributed by atoms with van der Waals surface area (Å²) in [5, 5.41) is 3.98. The van der Waals surface area contributed by atoms with E-state index in [0.29, 0.717) is 12.5 Å². The molecule has 0 fully saturated rings. The molecule has 4 aromatic rings. The summed E-state index contributed by atoms with van der Waals surface area (Å²) in [7, 11) is 0. The Morgan fingerprint density at radius 3 is 2.64 bits per heavy atom. The number of fused-ring (bicyclic) bond motifs is 5. The van der Waals surface area contributed by atoms with Gasteiger partial charge in [-0.05, 0) is 84.3 Å². The largest absolute Gasteiger partial charge is 0.494 e.